The predicted octanol–water partition coefficient (Wildman–Crippen LogP) is 0.998. The first-order valence-corrected chi connectivity index (χ1v) is 6.17. The fourth-order valence-electron chi connectivity index (χ4n) is 1.86. The summed E-state index contributed by atoms with van der Waals surface area (Å²) in [6.07, 6.45) is 2.63. The molecule has 78 valence electrons. The van der Waals surface area contributed by atoms with Gasteiger partial charge in [0.15, 0.2) is 0 Å². The molecule has 0 aromatic carbocycles. The third-order valence-corrected chi connectivity index (χ3v) is 3.86. The van der Waals surface area contributed by atoms with Gasteiger partial charge in [0.2, 0.25) is 0 Å². The molecule has 1 saturated heterocycles. The molecule has 0 spiro atoms. The van der Waals surface area contributed by atoms with Crippen molar-refractivity contribution in [3.8, 4) is 0 Å². The first-order chi connectivity index (χ1) is 5.95. The summed E-state index contributed by atoms with van der Waals surface area (Å²) in [6.45, 7) is 3.88. The first kappa shape index (κ1) is 10.9. The van der Waals surface area contributed by atoms with Crippen LogP contribution in [0.3, 0.4) is 0 Å². The SMILES string of the molecule is CCC1CCC(C)NC1S(=O)(=O)O. The van der Waals surface area contributed by atoms with Gasteiger partial charge in [-0.25, -0.2) is 0 Å². The van der Waals surface area contributed by atoms with Crippen LogP contribution in [0.2, 0.25) is 0 Å². The van der Waals surface area contributed by atoms with Crippen molar-refractivity contribution >= 4 is 10.1 Å². The van der Waals surface area contributed by atoms with E-state index in [0.717, 1.165) is 19.3 Å². The third-order valence-electron chi connectivity index (χ3n) is 2.69. The van der Waals surface area contributed by atoms with Gasteiger partial charge >= 0.3 is 0 Å². The van der Waals surface area contributed by atoms with Crippen LogP contribution in [0.1, 0.15) is 33.1 Å². The molecule has 0 radical (unpaired) electrons. The van der Waals surface area contributed by atoms with E-state index in [1.54, 1.807) is 0 Å². The summed E-state index contributed by atoms with van der Waals surface area (Å²) in [4.78, 5) is 0. The van der Waals surface area contributed by atoms with Gasteiger partial charge < -0.3 is 0 Å². The van der Waals surface area contributed by atoms with E-state index in [9.17, 15) is 8.42 Å². The molecule has 0 amide bonds. The molecule has 3 unspecified atom stereocenters. The van der Waals surface area contributed by atoms with Gasteiger partial charge in [0.1, 0.15) is 5.37 Å². The molecule has 1 aliphatic rings. The molecule has 1 rings (SSSR count). The standard InChI is InChI=1S/C8H17NO3S/c1-3-7-5-4-6(2)9-8(7)13(10,11)12/h6-9H,3-5H2,1-2H3,(H,10,11,12). The average molecular weight is 207 g/mol. The van der Waals surface area contributed by atoms with Crippen molar-refractivity contribution in [2.24, 2.45) is 5.92 Å². The molecule has 3 atom stereocenters. The molecule has 0 aromatic heterocycles. The van der Waals surface area contributed by atoms with E-state index in [1.165, 1.54) is 0 Å². The van der Waals surface area contributed by atoms with Crippen molar-refractivity contribution in [1.29, 1.82) is 0 Å². The number of piperidine rings is 1. The van der Waals surface area contributed by atoms with Crippen LogP contribution in [0, 0.1) is 5.92 Å². The molecule has 1 aliphatic heterocycles. The van der Waals surface area contributed by atoms with Gasteiger partial charge in [-0.3, -0.25) is 9.87 Å². The third kappa shape index (κ3) is 2.65. The highest BCUT2D eigenvalue weighted by Gasteiger charge is 2.35. The first-order valence-electron chi connectivity index (χ1n) is 4.67. The lowest BCUT2D eigenvalue weighted by Crippen LogP contribution is -2.50. The van der Waals surface area contributed by atoms with Gasteiger partial charge in [-0.05, 0) is 25.7 Å². The summed E-state index contributed by atoms with van der Waals surface area (Å²) >= 11 is 0. The Bertz CT molecular complexity index is 263. The Hall–Kier alpha value is -0.130. The molecule has 5 heteroatoms. The number of hydrogen-bond acceptors (Lipinski definition) is 3. The van der Waals surface area contributed by atoms with Crippen LogP contribution in [0.4, 0.5) is 0 Å². The van der Waals surface area contributed by atoms with Gasteiger partial charge in [-0.2, -0.15) is 8.42 Å². The van der Waals surface area contributed by atoms with Gasteiger partial charge in [0, 0.05) is 6.04 Å². The van der Waals surface area contributed by atoms with Crippen molar-refractivity contribution in [3.63, 3.8) is 0 Å². The minimum Gasteiger partial charge on any atom is -0.296 e. The van der Waals surface area contributed by atoms with Gasteiger partial charge in [-0.15, -0.1) is 0 Å². The van der Waals surface area contributed by atoms with E-state index < -0.39 is 15.5 Å². The van der Waals surface area contributed by atoms with Crippen LogP contribution >= 0.6 is 0 Å². The van der Waals surface area contributed by atoms with Gasteiger partial charge in [0.05, 0.1) is 0 Å². The Morgan fingerprint density at radius 1 is 1.46 bits per heavy atom. The Labute approximate surface area is 79.5 Å². The maximum atomic E-state index is 11.0. The molecular weight excluding hydrogens is 190 g/mol. The second kappa shape index (κ2) is 3.94. The Morgan fingerprint density at radius 2 is 2.08 bits per heavy atom. The lowest BCUT2D eigenvalue weighted by Gasteiger charge is -2.33. The molecule has 1 heterocycles. The summed E-state index contributed by atoms with van der Waals surface area (Å²) in [6, 6.07) is 0.176. The zero-order valence-corrected chi connectivity index (χ0v) is 8.84. The van der Waals surface area contributed by atoms with Crippen molar-refractivity contribution in [2.45, 2.75) is 44.5 Å². The number of hydrogen-bond donors (Lipinski definition) is 2. The molecule has 13 heavy (non-hydrogen) atoms. The molecular formula is C8H17NO3S. The van der Waals surface area contributed by atoms with E-state index in [4.69, 9.17) is 4.55 Å². The molecule has 2 N–H and O–H groups in total. The Balaban J connectivity index is 2.77. The summed E-state index contributed by atoms with van der Waals surface area (Å²) in [5.41, 5.74) is 0. The van der Waals surface area contributed by atoms with Crippen molar-refractivity contribution in [1.82, 2.24) is 5.32 Å². The molecule has 0 aromatic rings. The minimum absolute atomic E-state index is 0.0474. The second-order valence-corrected chi connectivity index (χ2v) is 5.29. The fraction of sp³-hybridized carbons (Fsp3) is 1.00. The van der Waals surface area contributed by atoms with Crippen LogP contribution in [-0.4, -0.2) is 24.4 Å². The van der Waals surface area contributed by atoms with Gasteiger partial charge in [0.25, 0.3) is 10.1 Å². The zero-order chi connectivity index (χ0) is 10.1. The number of nitrogens with one attached hydrogen (secondary N) is 1. The molecule has 0 bridgehead atoms. The maximum absolute atomic E-state index is 11.0. The highest BCUT2D eigenvalue weighted by Crippen LogP contribution is 2.25. The van der Waals surface area contributed by atoms with E-state index in [-0.39, 0.29) is 12.0 Å². The van der Waals surface area contributed by atoms with Crippen molar-refractivity contribution in [2.75, 3.05) is 0 Å². The minimum atomic E-state index is -3.93. The summed E-state index contributed by atoms with van der Waals surface area (Å²) in [7, 11) is -3.93. The molecule has 1 fully saturated rings. The average Bonchev–Trinajstić information content (AvgIpc) is 2.03. The smallest absolute Gasteiger partial charge is 0.281 e. The monoisotopic (exact) mass is 207 g/mol. The van der Waals surface area contributed by atoms with E-state index in [1.807, 2.05) is 13.8 Å². The second-order valence-electron chi connectivity index (χ2n) is 3.75. The van der Waals surface area contributed by atoms with E-state index in [0.29, 0.717) is 0 Å². The Kier molecular flexibility index (Phi) is 3.32. The summed E-state index contributed by atoms with van der Waals surface area (Å²) in [5, 5.41) is 2.16. The topological polar surface area (TPSA) is 66.4 Å². The summed E-state index contributed by atoms with van der Waals surface area (Å²) < 4.78 is 31.0. The molecule has 0 saturated carbocycles. The van der Waals surface area contributed by atoms with Crippen LogP contribution in [0.25, 0.3) is 0 Å². The highest BCUT2D eigenvalue weighted by molar-refractivity contribution is 7.86. The van der Waals surface area contributed by atoms with Crippen molar-refractivity contribution < 1.29 is 13.0 Å². The van der Waals surface area contributed by atoms with Crippen LogP contribution in [0.5, 0.6) is 0 Å². The van der Waals surface area contributed by atoms with Crippen LogP contribution in [0.15, 0.2) is 0 Å². The summed E-state index contributed by atoms with van der Waals surface area (Å²) in [5.74, 6) is 0.0474. The lowest BCUT2D eigenvalue weighted by atomic mass is 9.93. The van der Waals surface area contributed by atoms with E-state index >= 15 is 0 Å². The predicted molar refractivity (Wildman–Crippen MR) is 50.9 cm³/mol. The van der Waals surface area contributed by atoms with Crippen molar-refractivity contribution in [3.05, 3.63) is 0 Å². The quantitative estimate of drug-likeness (QED) is 0.663. The highest BCUT2D eigenvalue weighted by atomic mass is 32.2. The molecule has 4 nitrogen and oxygen atoms in total. The maximum Gasteiger partial charge on any atom is 0.281 e. The fourth-order valence-corrected chi connectivity index (χ4v) is 3.08. The lowest BCUT2D eigenvalue weighted by molar-refractivity contribution is 0.271. The largest absolute Gasteiger partial charge is 0.296 e. The zero-order valence-electron chi connectivity index (χ0n) is 8.03. The van der Waals surface area contributed by atoms with Crippen LogP contribution in [-0.2, 0) is 10.1 Å². The van der Waals surface area contributed by atoms with Crippen LogP contribution < -0.4 is 5.32 Å². The molecule has 0 aliphatic carbocycles. The van der Waals surface area contributed by atoms with E-state index in [2.05, 4.69) is 5.32 Å². The Morgan fingerprint density at radius 3 is 2.54 bits per heavy atom. The normalized spacial score (nSPS) is 36.1. The number of rotatable bonds is 2. The van der Waals surface area contributed by atoms with Gasteiger partial charge in [-0.1, -0.05) is 13.3 Å².